The van der Waals surface area contributed by atoms with Crippen LogP contribution in [-0.4, -0.2) is 33.1 Å². The molecule has 5 nitrogen and oxygen atoms in total. The lowest BCUT2D eigenvalue weighted by Gasteiger charge is -2.24. The molecule has 1 aromatic carbocycles. The van der Waals surface area contributed by atoms with Gasteiger partial charge in [-0.15, -0.1) is 0 Å². The molecule has 1 saturated heterocycles. The van der Waals surface area contributed by atoms with Crippen LogP contribution in [0.2, 0.25) is 0 Å². The van der Waals surface area contributed by atoms with Gasteiger partial charge in [0, 0.05) is 17.8 Å². The summed E-state index contributed by atoms with van der Waals surface area (Å²) in [6.07, 6.45) is 1.58. The third-order valence-electron chi connectivity index (χ3n) is 3.07. The van der Waals surface area contributed by atoms with Gasteiger partial charge in [-0.3, -0.25) is 0 Å². The van der Waals surface area contributed by atoms with Crippen molar-refractivity contribution in [2.75, 3.05) is 29.7 Å². The summed E-state index contributed by atoms with van der Waals surface area (Å²) in [6.45, 7) is 0. The third-order valence-corrected chi connectivity index (χ3v) is 4.89. The lowest BCUT2D eigenvalue weighted by molar-refractivity contribution is 0.417. The molecule has 1 unspecified atom stereocenters. The number of hydrogen-bond acceptors (Lipinski definition) is 5. The highest BCUT2D eigenvalue weighted by Gasteiger charge is 2.24. The van der Waals surface area contributed by atoms with E-state index >= 15 is 0 Å². The first-order valence-corrected chi connectivity index (χ1v) is 7.73. The van der Waals surface area contributed by atoms with Crippen LogP contribution in [0.3, 0.4) is 0 Å². The van der Waals surface area contributed by atoms with Gasteiger partial charge in [0.2, 0.25) is 0 Å². The van der Waals surface area contributed by atoms with Crippen LogP contribution in [0.25, 0.3) is 0 Å². The number of ether oxygens (including phenoxy) is 1. The van der Waals surface area contributed by atoms with E-state index in [9.17, 15) is 8.42 Å². The van der Waals surface area contributed by atoms with Crippen LogP contribution < -0.4 is 15.8 Å². The molecular formula is C12H18N2O3S. The van der Waals surface area contributed by atoms with E-state index in [1.807, 2.05) is 6.07 Å². The van der Waals surface area contributed by atoms with Crippen molar-refractivity contribution in [1.82, 2.24) is 0 Å². The zero-order valence-corrected chi connectivity index (χ0v) is 11.2. The summed E-state index contributed by atoms with van der Waals surface area (Å²) in [4.78, 5) is 0. The Bertz CT molecular complexity index is 528. The van der Waals surface area contributed by atoms with Crippen LogP contribution in [0.15, 0.2) is 18.2 Å². The molecule has 6 heteroatoms. The van der Waals surface area contributed by atoms with Crippen molar-refractivity contribution in [2.45, 2.75) is 18.9 Å². The third kappa shape index (κ3) is 3.07. The number of rotatable bonds is 3. The van der Waals surface area contributed by atoms with Crippen molar-refractivity contribution in [3.05, 3.63) is 18.2 Å². The van der Waals surface area contributed by atoms with Crippen LogP contribution in [0.1, 0.15) is 12.8 Å². The first kappa shape index (κ1) is 13.0. The maximum atomic E-state index is 11.5. The summed E-state index contributed by atoms with van der Waals surface area (Å²) in [6, 6.07) is 5.34. The number of nitrogens with two attached hydrogens (primary N) is 1. The smallest absolute Gasteiger partial charge is 0.152 e. The minimum absolute atomic E-state index is 0.0305. The number of nitrogens with one attached hydrogen (secondary N) is 1. The molecule has 2 rings (SSSR count). The fourth-order valence-corrected chi connectivity index (χ4v) is 3.81. The van der Waals surface area contributed by atoms with Gasteiger partial charge in [-0.05, 0) is 25.0 Å². The standard InChI is InChI=1S/C12H18N2O3S/c1-17-12-7-9(4-5-11(12)13)14-10-3-2-6-18(15,16)8-10/h4-5,7,10,14H,2-3,6,8,13H2,1H3. The van der Waals surface area contributed by atoms with Crippen LogP contribution in [0.5, 0.6) is 5.75 Å². The molecule has 1 atom stereocenters. The van der Waals surface area contributed by atoms with Gasteiger partial charge in [0.15, 0.2) is 9.84 Å². The second-order valence-electron chi connectivity index (χ2n) is 4.55. The maximum Gasteiger partial charge on any atom is 0.152 e. The van der Waals surface area contributed by atoms with E-state index in [1.54, 1.807) is 19.2 Å². The molecule has 0 spiro atoms. The lowest BCUT2D eigenvalue weighted by atomic mass is 10.1. The average Bonchev–Trinajstić information content (AvgIpc) is 2.30. The first-order chi connectivity index (χ1) is 8.50. The summed E-state index contributed by atoms with van der Waals surface area (Å²) in [5.74, 6) is 1.09. The first-order valence-electron chi connectivity index (χ1n) is 5.90. The molecule has 100 valence electrons. The number of benzene rings is 1. The minimum atomic E-state index is -2.89. The number of methoxy groups -OCH3 is 1. The van der Waals surface area contributed by atoms with Crippen molar-refractivity contribution in [1.29, 1.82) is 0 Å². The molecule has 18 heavy (non-hydrogen) atoms. The zero-order valence-electron chi connectivity index (χ0n) is 10.3. The van der Waals surface area contributed by atoms with Gasteiger partial charge >= 0.3 is 0 Å². The molecule has 1 aliphatic rings. The molecule has 0 aliphatic carbocycles. The van der Waals surface area contributed by atoms with Gasteiger partial charge < -0.3 is 15.8 Å². The topological polar surface area (TPSA) is 81.4 Å². The van der Waals surface area contributed by atoms with Crippen LogP contribution in [-0.2, 0) is 9.84 Å². The molecular weight excluding hydrogens is 252 g/mol. The number of nitrogen functional groups attached to an aromatic ring is 1. The second kappa shape index (κ2) is 5.06. The van der Waals surface area contributed by atoms with E-state index in [1.165, 1.54) is 0 Å². The number of sulfone groups is 1. The van der Waals surface area contributed by atoms with Gasteiger partial charge in [-0.25, -0.2) is 8.42 Å². The molecule has 0 aromatic heterocycles. The Hall–Kier alpha value is -1.43. The van der Waals surface area contributed by atoms with E-state index in [4.69, 9.17) is 10.5 Å². The molecule has 0 radical (unpaired) electrons. The summed E-state index contributed by atoms with van der Waals surface area (Å²) >= 11 is 0. The summed E-state index contributed by atoms with van der Waals surface area (Å²) in [5.41, 5.74) is 7.13. The van der Waals surface area contributed by atoms with Crippen LogP contribution in [0, 0.1) is 0 Å². The second-order valence-corrected chi connectivity index (χ2v) is 6.78. The SMILES string of the molecule is COc1cc(NC2CCCS(=O)(=O)C2)ccc1N. The van der Waals surface area contributed by atoms with Gasteiger partial charge in [-0.2, -0.15) is 0 Å². The summed E-state index contributed by atoms with van der Waals surface area (Å²) < 4.78 is 28.2. The predicted molar refractivity (Wildman–Crippen MR) is 72.7 cm³/mol. The fourth-order valence-electron chi connectivity index (χ4n) is 2.17. The van der Waals surface area contributed by atoms with Gasteiger partial charge in [-0.1, -0.05) is 0 Å². The molecule has 1 aliphatic heterocycles. The molecule has 3 N–H and O–H groups in total. The van der Waals surface area contributed by atoms with Crippen LogP contribution in [0.4, 0.5) is 11.4 Å². The molecule has 0 amide bonds. The van der Waals surface area contributed by atoms with E-state index in [0.717, 1.165) is 12.1 Å². The number of anilines is 2. The average molecular weight is 270 g/mol. The Balaban J connectivity index is 2.09. The van der Waals surface area contributed by atoms with Gasteiger partial charge in [0.1, 0.15) is 5.75 Å². The van der Waals surface area contributed by atoms with Crippen molar-refractivity contribution < 1.29 is 13.2 Å². The van der Waals surface area contributed by atoms with E-state index in [0.29, 0.717) is 23.6 Å². The predicted octanol–water partition coefficient (Wildman–Crippen LogP) is 1.27. The van der Waals surface area contributed by atoms with Gasteiger partial charge in [0.05, 0.1) is 24.3 Å². The van der Waals surface area contributed by atoms with Crippen LogP contribution >= 0.6 is 0 Å². The largest absolute Gasteiger partial charge is 0.495 e. The molecule has 0 saturated carbocycles. The van der Waals surface area contributed by atoms with Crippen molar-refractivity contribution in [3.63, 3.8) is 0 Å². The Kier molecular flexibility index (Phi) is 3.65. The molecule has 0 bridgehead atoms. The van der Waals surface area contributed by atoms with Gasteiger partial charge in [0.25, 0.3) is 0 Å². The minimum Gasteiger partial charge on any atom is -0.495 e. The molecule has 1 fully saturated rings. The Morgan fingerprint density at radius 1 is 1.44 bits per heavy atom. The zero-order chi connectivity index (χ0) is 13.2. The highest BCUT2D eigenvalue weighted by Crippen LogP contribution is 2.26. The summed E-state index contributed by atoms with van der Waals surface area (Å²) in [5, 5.41) is 3.22. The highest BCUT2D eigenvalue weighted by atomic mass is 32.2. The molecule has 1 heterocycles. The number of hydrogen-bond donors (Lipinski definition) is 2. The van der Waals surface area contributed by atoms with Crippen molar-refractivity contribution in [3.8, 4) is 5.75 Å². The fraction of sp³-hybridized carbons (Fsp3) is 0.500. The Morgan fingerprint density at radius 2 is 2.22 bits per heavy atom. The Labute approximate surface area is 107 Å². The monoisotopic (exact) mass is 270 g/mol. The van der Waals surface area contributed by atoms with E-state index in [2.05, 4.69) is 5.32 Å². The van der Waals surface area contributed by atoms with E-state index in [-0.39, 0.29) is 11.8 Å². The van der Waals surface area contributed by atoms with Crippen molar-refractivity contribution in [2.24, 2.45) is 0 Å². The maximum absolute atomic E-state index is 11.5. The lowest BCUT2D eigenvalue weighted by Crippen LogP contribution is -2.34. The molecule has 1 aromatic rings. The quantitative estimate of drug-likeness (QED) is 0.808. The van der Waals surface area contributed by atoms with E-state index < -0.39 is 9.84 Å². The highest BCUT2D eigenvalue weighted by molar-refractivity contribution is 7.91. The normalized spacial score (nSPS) is 22.4. The Morgan fingerprint density at radius 3 is 2.89 bits per heavy atom. The summed E-state index contributed by atoms with van der Waals surface area (Å²) in [7, 11) is -1.34. The van der Waals surface area contributed by atoms with Crippen molar-refractivity contribution >= 4 is 21.2 Å².